The molecule has 61 heavy (non-hydrogen) atoms. The van der Waals surface area contributed by atoms with E-state index in [1.807, 2.05) is 42.6 Å². The molecule has 7 heteroatoms. The van der Waals surface area contributed by atoms with E-state index in [-0.39, 0.29) is 37.4 Å². The average Bonchev–Trinajstić information content (AvgIpc) is 3.87. The van der Waals surface area contributed by atoms with Gasteiger partial charge in [-0.1, -0.05) is 146 Å². The molecule has 5 nitrogen and oxygen atoms in total. The molecule has 3 aromatic heterocycles. The summed E-state index contributed by atoms with van der Waals surface area (Å²) < 4.78 is 8.92. The maximum Gasteiger partial charge on any atom is 0.188 e. The van der Waals surface area contributed by atoms with Gasteiger partial charge in [0.25, 0.3) is 0 Å². The van der Waals surface area contributed by atoms with E-state index in [4.69, 9.17) is 14.4 Å². The summed E-state index contributed by atoms with van der Waals surface area (Å²) in [6.07, 6.45) is 2.02. The van der Waals surface area contributed by atoms with Crippen LogP contribution in [0.4, 0.5) is 0 Å². The summed E-state index contributed by atoms with van der Waals surface area (Å²) in [6, 6.07) is 51.2. The number of hydrogen-bond donors (Lipinski definition) is 0. The number of nitrogens with zero attached hydrogens (tertiary/aromatic N) is 4. The molecule has 0 spiro atoms. The summed E-state index contributed by atoms with van der Waals surface area (Å²) in [6.45, 7) is 22.5. The van der Waals surface area contributed by atoms with E-state index in [0.29, 0.717) is 5.89 Å². The van der Waals surface area contributed by atoms with Crippen molar-refractivity contribution in [1.82, 2.24) is 19.5 Å². The van der Waals surface area contributed by atoms with Gasteiger partial charge in [0.2, 0.25) is 0 Å². The number of pyridine rings is 1. The molecule has 0 aliphatic rings. The minimum atomic E-state index is -1.23. The van der Waals surface area contributed by atoms with E-state index in [0.717, 1.165) is 44.8 Å². The Balaban J connectivity index is 0.000000278. The van der Waals surface area contributed by atoms with Crippen LogP contribution in [0.1, 0.15) is 77.3 Å². The Hall–Kier alpha value is -5.46. The minimum Gasteiger partial charge on any atom is -0.487 e. The topological polar surface area (TPSA) is 56.7 Å². The molecular weight excluding hydrogens is 941 g/mol. The van der Waals surface area contributed by atoms with Gasteiger partial charge in [0.1, 0.15) is 0 Å². The van der Waals surface area contributed by atoms with Crippen molar-refractivity contribution in [3.8, 4) is 39.5 Å². The van der Waals surface area contributed by atoms with Gasteiger partial charge >= 0.3 is 0 Å². The molecule has 311 valence electrons. The number of fused-ring (bicyclic) bond motifs is 4. The Bertz CT molecular complexity index is 2910. The third kappa shape index (κ3) is 8.83. The Morgan fingerprint density at radius 2 is 1.36 bits per heavy atom. The zero-order valence-electron chi connectivity index (χ0n) is 36.9. The normalized spacial score (nSPS) is 11.9. The first-order chi connectivity index (χ1) is 28.7. The Morgan fingerprint density at radius 3 is 1.98 bits per heavy atom. The zero-order chi connectivity index (χ0) is 42.3. The predicted octanol–water partition coefficient (Wildman–Crippen LogP) is 14.1. The molecule has 0 bridgehead atoms. The second-order valence-corrected chi connectivity index (χ2v) is 23.5. The molecule has 9 aromatic rings. The largest absolute Gasteiger partial charge is 0.487 e. The predicted molar refractivity (Wildman–Crippen MR) is 254 cm³/mol. The van der Waals surface area contributed by atoms with Crippen LogP contribution in [-0.2, 0) is 25.5 Å². The van der Waals surface area contributed by atoms with Crippen LogP contribution in [0.3, 0.4) is 0 Å². The molecule has 0 atom stereocenters. The summed E-state index contributed by atoms with van der Waals surface area (Å²) in [7, 11) is -1.23. The van der Waals surface area contributed by atoms with Crippen LogP contribution in [0.2, 0.25) is 19.6 Å². The van der Waals surface area contributed by atoms with Gasteiger partial charge in [-0.3, -0.25) is 4.98 Å². The number of benzene rings is 6. The molecule has 0 saturated carbocycles. The van der Waals surface area contributed by atoms with Crippen LogP contribution < -0.4 is 5.19 Å². The van der Waals surface area contributed by atoms with Crippen molar-refractivity contribution in [2.24, 2.45) is 0 Å². The maximum atomic E-state index is 6.53. The number of rotatable bonds is 7. The molecule has 3 heterocycles. The monoisotopic (exact) mass is 995 g/mol. The van der Waals surface area contributed by atoms with Crippen molar-refractivity contribution in [3.63, 3.8) is 0 Å². The van der Waals surface area contributed by atoms with Crippen molar-refractivity contribution >= 4 is 46.2 Å². The molecule has 0 aliphatic heterocycles. The fraction of sp³-hybridized carbons (Fsp3) is 0.241. The van der Waals surface area contributed by atoms with E-state index in [1.54, 1.807) is 0 Å². The maximum absolute atomic E-state index is 6.53. The molecule has 0 fully saturated rings. The van der Waals surface area contributed by atoms with Gasteiger partial charge in [0.15, 0.2) is 5.89 Å². The summed E-state index contributed by atoms with van der Waals surface area (Å²) in [4.78, 5) is 14.8. The van der Waals surface area contributed by atoms with Crippen LogP contribution in [0.5, 0.6) is 0 Å². The van der Waals surface area contributed by atoms with Gasteiger partial charge in [-0.05, 0) is 68.6 Å². The Morgan fingerprint density at radius 1 is 0.672 bits per heavy atom. The third-order valence-electron chi connectivity index (χ3n) is 11.1. The second kappa shape index (κ2) is 17.5. The van der Waals surface area contributed by atoms with Crippen molar-refractivity contribution in [2.75, 3.05) is 0 Å². The Labute approximate surface area is 375 Å². The fourth-order valence-corrected chi connectivity index (χ4v) is 8.81. The average molecular weight is 995 g/mol. The molecular formula is C54H54IrN4OSi-2. The molecule has 0 unspecified atom stereocenters. The van der Waals surface area contributed by atoms with Crippen molar-refractivity contribution in [3.05, 3.63) is 163 Å². The second-order valence-electron chi connectivity index (χ2n) is 18.4. The van der Waals surface area contributed by atoms with Crippen LogP contribution in [0.15, 0.2) is 138 Å². The molecule has 0 N–H and O–H groups in total. The number of oxazole rings is 1. The van der Waals surface area contributed by atoms with Gasteiger partial charge < -0.3 is 14.0 Å². The summed E-state index contributed by atoms with van der Waals surface area (Å²) in [5, 5.41) is 3.75. The van der Waals surface area contributed by atoms with Crippen molar-refractivity contribution < 1.29 is 24.5 Å². The van der Waals surface area contributed by atoms with Crippen molar-refractivity contribution in [2.45, 2.75) is 85.4 Å². The fourth-order valence-electron chi connectivity index (χ4n) is 7.77. The first-order valence-corrected chi connectivity index (χ1v) is 24.6. The van der Waals surface area contributed by atoms with E-state index in [1.165, 1.54) is 43.9 Å². The van der Waals surface area contributed by atoms with Gasteiger partial charge in [0, 0.05) is 48.3 Å². The van der Waals surface area contributed by atoms with E-state index >= 15 is 0 Å². The van der Waals surface area contributed by atoms with E-state index in [2.05, 4.69) is 181 Å². The Kier molecular flexibility index (Phi) is 12.5. The zero-order valence-corrected chi connectivity index (χ0v) is 40.3. The summed E-state index contributed by atoms with van der Waals surface area (Å²) in [5.74, 6) is 2.06. The first-order valence-electron chi connectivity index (χ1n) is 21.1. The van der Waals surface area contributed by atoms with Crippen LogP contribution in [-0.4, -0.2) is 27.6 Å². The first kappa shape index (κ1) is 43.6. The van der Waals surface area contributed by atoms with Gasteiger partial charge in [0.05, 0.1) is 30.5 Å². The molecule has 0 aliphatic carbocycles. The summed E-state index contributed by atoms with van der Waals surface area (Å²) >= 11 is 0. The quantitative estimate of drug-likeness (QED) is 0.118. The van der Waals surface area contributed by atoms with E-state index in [9.17, 15) is 0 Å². The van der Waals surface area contributed by atoms with Gasteiger partial charge in [-0.15, -0.1) is 54.1 Å². The molecule has 0 saturated heterocycles. The third-order valence-corrected chi connectivity index (χ3v) is 13.1. The standard InChI is InChI=1S/C40H38N3O.C14H16NSi.Ir/c1-24(2)31-22-28(26-14-9-8-10-15-26)23-32(25(3)4)35(31)43-36-29-17-12-11-16-27(29)20-21-33(36)41-38(43)30-18-13-19-34-37(30)44-39(42-34)40(5,6)7;1-16(2,3)13-9-10-14(15-11-13)12-7-5-4-6-8-12;/h8-17,19-25H,1-7H3;4-7,9-11H,1-3H3;/q2*-1;. The number of hydrogen-bond acceptors (Lipinski definition) is 4. The SMILES string of the molecule is CC(C)c1cc(-c2ccccc2)cc(C(C)C)c1-n1c(-c2[c-]ccc3nc(C(C)(C)C)oc23)nc2ccc3ccccc3c21.C[Si](C)(C)c1ccc(-c2[c-]cccc2)nc1.[Ir]. The number of aromatic nitrogens is 4. The minimum absolute atomic E-state index is 0. The molecule has 1 radical (unpaired) electrons. The molecule has 0 amide bonds. The molecule has 9 rings (SSSR count). The van der Waals surface area contributed by atoms with Crippen LogP contribution >= 0.6 is 0 Å². The number of imidazole rings is 1. The summed E-state index contributed by atoms with van der Waals surface area (Å²) in [5.41, 5.74) is 12.4. The van der Waals surface area contributed by atoms with Gasteiger partial charge in [-0.25, -0.2) is 4.98 Å². The van der Waals surface area contributed by atoms with Gasteiger partial charge in [-0.2, -0.15) is 0 Å². The smallest absolute Gasteiger partial charge is 0.188 e. The van der Waals surface area contributed by atoms with Crippen LogP contribution in [0, 0.1) is 12.1 Å². The van der Waals surface area contributed by atoms with Crippen molar-refractivity contribution in [1.29, 1.82) is 0 Å². The molecule has 6 aromatic carbocycles. The van der Waals surface area contributed by atoms with E-state index < -0.39 is 8.07 Å². The van der Waals surface area contributed by atoms with Crippen LogP contribution in [0.25, 0.3) is 72.4 Å².